The second kappa shape index (κ2) is 11.9. The smallest absolute Gasteiger partial charge is 0.242 e. The molecule has 6 nitrogen and oxygen atoms in total. The van der Waals surface area contributed by atoms with Gasteiger partial charge in [-0.05, 0) is 35.4 Å². The normalized spacial score (nSPS) is 10.8. The molecule has 0 aliphatic rings. The lowest BCUT2D eigenvalue weighted by Gasteiger charge is -2.29. The number of carbonyl (C=O) groups excluding carboxylic acids is 2. The van der Waals surface area contributed by atoms with Crippen LogP contribution in [-0.2, 0) is 29.7 Å². The number of aryl methyl sites for hydroxylation is 1. The van der Waals surface area contributed by atoms with E-state index in [1.54, 1.807) is 28.2 Å². The summed E-state index contributed by atoms with van der Waals surface area (Å²) in [6.07, 6.45) is 5.20. The number of hydrogen-bond donors (Lipinski definition) is 0. The number of carbonyl (C=O) groups is 2. The first-order valence-corrected chi connectivity index (χ1v) is 12.0. The molecule has 2 aromatic carbocycles. The van der Waals surface area contributed by atoms with Crippen molar-refractivity contribution in [3.63, 3.8) is 0 Å². The van der Waals surface area contributed by atoms with Gasteiger partial charge in [-0.25, -0.2) is 0 Å². The van der Waals surface area contributed by atoms with Gasteiger partial charge in [0, 0.05) is 25.5 Å². The third-order valence-electron chi connectivity index (χ3n) is 6.18. The Hall–Kier alpha value is -4.32. The Morgan fingerprint density at radius 2 is 1.56 bits per heavy atom. The Balaban J connectivity index is 1.60. The van der Waals surface area contributed by atoms with Gasteiger partial charge in [0.05, 0.1) is 25.3 Å². The lowest BCUT2D eigenvalue weighted by molar-refractivity contribution is -0.141. The SMILES string of the molecule is C=CCN(CC(=O)N(Cc1ccco1)Cc1cccn1C)C(=O)C(c1ccccc1)c1ccccc1. The van der Waals surface area contributed by atoms with Crippen molar-refractivity contribution in [1.29, 1.82) is 0 Å². The molecule has 4 aromatic rings. The fourth-order valence-electron chi connectivity index (χ4n) is 4.28. The summed E-state index contributed by atoms with van der Waals surface area (Å²) in [6.45, 7) is 4.75. The average molecular weight is 482 g/mol. The summed E-state index contributed by atoms with van der Waals surface area (Å²) in [6, 6.07) is 26.9. The molecule has 4 rings (SSSR count). The van der Waals surface area contributed by atoms with Crippen LogP contribution < -0.4 is 0 Å². The second-order valence-corrected chi connectivity index (χ2v) is 8.70. The highest BCUT2D eigenvalue weighted by Gasteiger charge is 2.29. The first kappa shape index (κ1) is 24.8. The molecule has 0 fully saturated rings. The molecule has 0 N–H and O–H groups in total. The van der Waals surface area contributed by atoms with Gasteiger partial charge in [0.25, 0.3) is 0 Å². The van der Waals surface area contributed by atoms with Crippen molar-refractivity contribution in [2.24, 2.45) is 7.05 Å². The molecule has 184 valence electrons. The molecular weight excluding hydrogens is 450 g/mol. The van der Waals surface area contributed by atoms with E-state index in [1.807, 2.05) is 96.7 Å². The van der Waals surface area contributed by atoms with Crippen molar-refractivity contribution in [3.05, 3.63) is 133 Å². The third-order valence-corrected chi connectivity index (χ3v) is 6.18. The number of nitrogens with zero attached hydrogens (tertiary/aromatic N) is 3. The van der Waals surface area contributed by atoms with E-state index in [0.29, 0.717) is 18.8 Å². The van der Waals surface area contributed by atoms with Crippen LogP contribution in [0.5, 0.6) is 0 Å². The average Bonchev–Trinajstić information content (AvgIpc) is 3.56. The summed E-state index contributed by atoms with van der Waals surface area (Å²) >= 11 is 0. The molecule has 6 heteroatoms. The van der Waals surface area contributed by atoms with Crippen LogP contribution in [0.15, 0.2) is 114 Å². The highest BCUT2D eigenvalue weighted by Crippen LogP contribution is 2.27. The number of benzene rings is 2. The van der Waals surface area contributed by atoms with Crippen LogP contribution in [0.25, 0.3) is 0 Å². The Bertz CT molecular complexity index is 1220. The molecule has 2 aromatic heterocycles. The molecule has 0 spiro atoms. The van der Waals surface area contributed by atoms with Crippen LogP contribution in [-0.4, -0.2) is 39.3 Å². The largest absolute Gasteiger partial charge is 0.467 e. The summed E-state index contributed by atoms with van der Waals surface area (Å²) in [5.74, 6) is -0.141. The molecule has 0 saturated heterocycles. The molecule has 36 heavy (non-hydrogen) atoms. The molecule has 2 amide bonds. The Morgan fingerprint density at radius 1 is 0.889 bits per heavy atom. The van der Waals surface area contributed by atoms with Gasteiger partial charge in [-0.2, -0.15) is 0 Å². The molecule has 0 aliphatic carbocycles. The molecule has 2 heterocycles. The molecule has 0 radical (unpaired) electrons. The van der Waals surface area contributed by atoms with E-state index in [9.17, 15) is 9.59 Å². The monoisotopic (exact) mass is 481 g/mol. The molecule has 0 bridgehead atoms. The zero-order valence-corrected chi connectivity index (χ0v) is 20.5. The standard InChI is InChI=1S/C30H31N3O3/c1-3-18-32(30(35)29(24-12-6-4-7-13-24)25-14-8-5-9-15-25)23-28(34)33(22-27-17-11-20-36-27)21-26-16-10-19-31(26)2/h3-17,19-20,29H,1,18,21-23H2,2H3. The predicted molar refractivity (Wildman–Crippen MR) is 140 cm³/mol. The van der Waals surface area contributed by atoms with Crippen LogP contribution in [0, 0.1) is 0 Å². The number of hydrogen-bond acceptors (Lipinski definition) is 3. The number of rotatable bonds is 11. The maximum Gasteiger partial charge on any atom is 0.242 e. The minimum atomic E-state index is -0.522. The summed E-state index contributed by atoms with van der Waals surface area (Å²) < 4.78 is 7.50. The number of furan rings is 1. The lowest BCUT2D eigenvalue weighted by Crippen LogP contribution is -2.44. The maximum atomic E-state index is 14.0. The lowest BCUT2D eigenvalue weighted by atomic mass is 9.90. The van der Waals surface area contributed by atoms with Crippen molar-refractivity contribution in [3.8, 4) is 0 Å². The summed E-state index contributed by atoms with van der Waals surface area (Å²) in [5.41, 5.74) is 2.75. The minimum absolute atomic E-state index is 0.0633. The van der Waals surface area contributed by atoms with Gasteiger partial charge in [-0.15, -0.1) is 6.58 Å². The fraction of sp³-hybridized carbons (Fsp3) is 0.200. The summed E-state index contributed by atoms with van der Waals surface area (Å²) in [5, 5.41) is 0. The quantitative estimate of drug-likeness (QED) is 0.284. The number of aromatic nitrogens is 1. The first-order chi connectivity index (χ1) is 17.6. The van der Waals surface area contributed by atoms with E-state index in [-0.39, 0.29) is 24.9 Å². The van der Waals surface area contributed by atoms with E-state index >= 15 is 0 Å². The third kappa shape index (κ3) is 6.02. The summed E-state index contributed by atoms with van der Waals surface area (Å²) in [7, 11) is 1.95. The van der Waals surface area contributed by atoms with Gasteiger partial charge in [0.15, 0.2) is 0 Å². The second-order valence-electron chi connectivity index (χ2n) is 8.70. The van der Waals surface area contributed by atoms with E-state index in [1.165, 1.54) is 0 Å². The van der Waals surface area contributed by atoms with Crippen LogP contribution in [0.2, 0.25) is 0 Å². The highest BCUT2D eigenvalue weighted by atomic mass is 16.3. The first-order valence-electron chi connectivity index (χ1n) is 12.0. The Kier molecular flexibility index (Phi) is 8.19. The highest BCUT2D eigenvalue weighted by molar-refractivity contribution is 5.91. The van der Waals surface area contributed by atoms with Crippen molar-refractivity contribution in [2.75, 3.05) is 13.1 Å². The van der Waals surface area contributed by atoms with E-state index in [2.05, 4.69) is 6.58 Å². The van der Waals surface area contributed by atoms with Gasteiger partial charge in [-0.3, -0.25) is 9.59 Å². The molecule has 0 unspecified atom stereocenters. The van der Waals surface area contributed by atoms with Gasteiger partial charge < -0.3 is 18.8 Å². The van der Waals surface area contributed by atoms with E-state index in [4.69, 9.17) is 4.42 Å². The van der Waals surface area contributed by atoms with Gasteiger partial charge in [0.1, 0.15) is 12.3 Å². The van der Waals surface area contributed by atoms with Crippen molar-refractivity contribution in [1.82, 2.24) is 14.4 Å². The van der Waals surface area contributed by atoms with Crippen LogP contribution in [0.1, 0.15) is 28.5 Å². The van der Waals surface area contributed by atoms with Crippen LogP contribution in [0.3, 0.4) is 0 Å². The van der Waals surface area contributed by atoms with Crippen molar-refractivity contribution >= 4 is 11.8 Å². The van der Waals surface area contributed by atoms with Gasteiger partial charge in [-0.1, -0.05) is 66.7 Å². The minimum Gasteiger partial charge on any atom is -0.467 e. The Labute approximate surface area is 212 Å². The maximum absolute atomic E-state index is 14.0. The van der Waals surface area contributed by atoms with Crippen molar-refractivity contribution in [2.45, 2.75) is 19.0 Å². The molecule has 0 aliphatic heterocycles. The molecule has 0 atom stereocenters. The zero-order chi connectivity index (χ0) is 25.3. The van der Waals surface area contributed by atoms with E-state index < -0.39 is 5.92 Å². The summed E-state index contributed by atoms with van der Waals surface area (Å²) in [4.78, 5) is 30.9. The van der Waals surface area contributed by atoms with Gasteiger partial charge >= 0.3 is 0 Å². The fourth-order valence-corrected chi connectivity index (χ4v) is 4.28. The molecule has 0 saturated carbocycles. The predicted octanol–water partition coefficient (Wildman–Crippen LogP) is 4.99. The van der Waals surface area contributed by atoms with Gasteiger partial charge in [0.2, 0.25) is 11.8 Å². The topological polar surface area (TPSA) is 58.7 Å². The van der Waals surface area contributed by atoms with E-state index in [0.717, 1.165) is 16.8 Å². The number of amides is 2. The van der Waals surface area contributed by atoms with Crippen LogP contribution in [0.4, 0.5) is 0 Å². The van der Waals surface area contributed by atoms with Crippen molar-refractivity contribution < 1.29 is 14.0 Å². The zero-order valence-electron chi connectivity index (χ0n) is 20.5. The Morgan fingerprint density at radius 3 is 2.08 bits per heavy atom. The van der Waals surface area contributed by atoms with Crippen LogP contribution >= 0.6 is 0 Å². The molecular formula is C30H31N3O3.